The molecule has 0 bridgehead atoms. The van der Waals surface area contributed by atoms with Gasteiger partial charge in [-0.05, 0) is 33.4 Å². The Morgan fingerprint density at radius 1 is 0.574 bits per heavy atom. The molecule has 0 aliphatic carbocycles. The maximum absolute atomic E-state index is 13.6. The molecule has 0 radical (unpaired) electrons. The first-order valence-corrected chi connectivity index (χ1v) is 16.3. The first-order chi connectivity index (χ1) is 25.4. The number of hydrogen-bond donors (Lipinski definition) is 12. The first-order valence-electron chi connectivity index (χ1n) is 16.3. The molecule has 0 saturated heterocycles. The van der Waals surface area contributed by atoms with E-state index in [1.807, 2.05) is 0 Å². The molecule has 0 spiro atoms. The fourth-order valence-electron chi connectivity index (χ4n) is 4.81. The minimum atomic E-state index is -1.77. The van der Waals surface area contributed by atoms with E-state index in [-0.39, 0.29) is 12.8 Å². The number of rotatable bonds is 26. The maximum atomic E-state index is 13.6. The van der Waals surface area contributed by atoms with Crippen molar-refractivity contribution in [1.82, 2.24) is 42.1 Å². The summed E-state index contributed by atoms with van der Waals surface area (Å²) in [5.74, 6) is -12.4. The number of imide groups is 1. The Bertz CT molecular complexity index is 1470. The molecule has 24 heteroatoms. The fraction of sp³-hybridized carbons (Fsp3) is 0.567. The lowest BCUT2D eigenvalue weighted by molar-refractivity contribution is -0.145. The van der Waals surface area contributed by atoms with Gasteiger partial charge in [0.15, 0.2) is 0 Å². The maximum Gasteiger partial charge on any atom is 0.328 e. The predicted molar refractivity (Wildman–Crippen MR) is 180 cm³/mol. The molecule has 1 aliphatic heterocycles. The van der Waals surface area contributed by atoms with Crippen molar-refractivity contribution in [2.75, 3.05) is 33.7 Å². The molecule has 13 N–H and O–H groups in total. The summed E-state index contributed by atoms with van der Waals surface area (Å²) in [5, 5.41) is 53.0. The molecule has 0 aromatic rings. The number of carbonyl (C=O) groups excluding carboxylic acids is 7. The molecule has 24 nitrogen and oxygen atoms in total. The van der Waals surface area contributed by atoms with Crippen LogP contribution in [0.3, 0.4) is 0 Å². The van der Waals surface area contributed by atoms with Crippen molar-refractivity contribution in [3.63, 3.8) is 0 Å². The van der Waals surface area contributed by atoms with Gasteiger partial charge >= 0.3 is 23.9 Å². The topological polar surface area (TPSA) is 382 Å². The van der Waals surface area contributed by atoms with Crippen LogP contribution in [-0.4, -0.2) is 161 Å². The lowest BCUT2D eigenvalue weighted by Crippen LogP contribution is -2.61. The van der Waals surface area contributed by atoms with Crippen LogP contribution in [0.4, 0.5) is 0 Å². The Kier molecular flexibility index (Phi) is 19.4. The van der Waals surface area contributed by atoms with E-state index < -0.39 is 147 Å². The van der Waals surface area contributed by atoms with Gasteiger partial charge in [0.1, 0.15) is 24.2 Å². The van der Waals surface area contributed by atoms with E-state index in [1.165, 1.54) is 14.1 Å². The van der Waals surface area contributed by atoms with Crippen molar-refractivity contribution >= 4 is 65.2 Å². The number of aliphatic carboxylic acids is 4. The van der Waals surface area contributed by atoms with Crippen LogP contribution in [0, 0.1) is 0 Å². The standard InChI is InChI=1S/C30H45N9O15/c1-32-14(3-8-22(42)43)26(49)37-17(12-35-29(52)19(11-31)39-20(40)6-7-21(39)41)28(51)36-16(5-10-24(46)47)25(48)34-13-18(30(53)54)38-27(50)15(33-2)4-9-23(44)45/h6-7,14-19,32-33H,3-5,8-13,31H2,1-2H3,(H,34,48)(H,35,52)(H,36,51)(H,37,49)(H,38,50)(H,42,43)(H,44,45)(H,46,47)(H,53,54)/t14-,15-,16?,17-,18?,19-/m0/s1. The quantitative estimate of drug-likeness (QED) is 0.0364. The third-order valence-electron chi connectivity index (χ3n) is 7.79. The Morgan fingerprint density at radius 3 is 1.35 bits per heavy atom. The van der Waals surface area contributed by atoms with Gasteiger partial charge in [0.2, 0.25) is 29.5 Å². The van der Waals surface area contributed by atoms with Crippen LogP contribution < -0.4 is 43.0 Å². The summed E-state index contributed by atoms with van der Waals surface area (Å²) in [6.07, 6.45) is -0.834. The molecule has 0 saturated carbocycles. The number of hydrogen-bond acceptors (Lipinski definition) is 14. The van der Waals surface area contributed by atoms with Gasteiger partial charge in [0.05, 0.1) is 12.1 Å². The zero-order valence-corrected chi connectivity index (χ0v) is 29.3. The summed E-state index contributed by atoms with van der Waals surface area (Å²) in [7, 11) is 2.65. The number of nitrogens with two attached hydrogens (primary N) is 1. The molecule has 0 fully saturated rings. The molecule has 1 heterocycles. The molecule has 0 aromatic carbocycles. The predicted octanol–water partition coefficient (Wildman–Crippen LogP) is -6.22. The molecular formula is C30H45N9O15. The summed E-state index contributed by atoms with van der Waals surface area (Å²) in [6, 6.07) is -9.10. The number of nitrogens with zero attached hydrogens (tertiary/aromatic N) is 1. The van der Waals surface area contributed by atoms with E-state index in [0.29, 0.717) is 4.90 Å². The second kappa shape index (κ2) is 22.8. The zero-order chi connectivity index (χ0) is 41.1. The summed E-state index contributed by atoms with van der Waals surface area (Å²) < 4.78 is 0. The normalized spacial score (nSPS) is 15.5. The molecule has 1 rings (SSSR count). The van der Waals surface area contributed by atoms with Gasteiger partial charge in [-0.2, -0.15) is 0 Å². The van der Waals surface area contributed by atoms with Crippen molar-refractivity contribution in [2.45, 2.75) is 74.8 Å². The zero-order valence-electron chi connectivity index (χ0n) is 29.3. The van der Waals surface area contributed by atoms with Crippen LogP contribution in [0.25, 0.3) is 0 Å². The second-order valence-corrected chi connectivity index (χ2v) is 11.6. The molecule has 54 heavy (non-hydrogen) atoms. The summed E-state index contributed by atoms with van der Waals surface area (Å²) >= 11 is 0. The van der Waals surface area contributed by atoms with Gasteiger partial charge < -0.3 is 63.4 Å². The minimum absolute atomic E-state index is 0.203. The minimum Gasteiger partial charge on any atom is -0.481 e. The third-order valence-corrected chi connectivity index (χ3v) is 7.79. The van der Waals surface area contributed by atoms with Crippen LogP contribution in [-0.2, 0) is 52.7 Å². The SMILES string of the molecule is CN[C@@H](CCC(=O)O)C(=O)NC(CNC(=O)C(CCC(=O)O)NC(=O)[C@H](CNC(=O)[C@H](CN)N1C(=O)C=CC1=O)NC(=O)[C@H](CCC(=O)O)NC)C(=O)O. The monoisotopic (exact) mass is 771 g/mol. The smallest absolute Gasteiger partial charge is 0.328 e. The second-order valence-electron chi connectivity index (χ2n) is 11.6. The highest BCUT2D eigenvalue weighted by Crippen LogP contribution is 2.09. The Labute approximate surface area is 307 Å². The van der Waals surface area contributed by atoms with Crippen molar-refractivity contribution in [1.29, 1.82) is 0 Å². The molecule has 6 atom stereocenters. The van der Waals surface area contributed by atoms with Gasteiger partial charge in [0, 0.05) is 51.0 Å². The average molecular weight is 772 g/mol. The number of likely N-dealkylation sites (N-methyl/N-ethyl adjacent to an activating group) is 2. The van der Waals surface area contributed by atoms with Crippen molar-refractivity contribution in [3.8, 4) is 0 Å². The van der Waals surface area contributed by atoms with Gasteiger partial charge in [-0.25, -0.2) is 4.79 Å². The van der Waals surface area contributed by atoms with E-state index in [0.717, 1.165) is 12.2 Å². The largest absolute Gasteiger partial charge is 0.481 e. The number of carboxylic acids is 4. The number of amides is 7. The van der Waals surface area contributed by atoms with E-state index >= 15 is 0 Å². The van der Waals surface area contributed by atoms with E-state index in [9.17, 15) is 63.0 Å². The van der Waals surface area contributed by atoms with Crippen LogP contribution in [0.1, 0.15) is 38.5 Å². The molecule has 1 aliphatic rings. The van der Waals surface area contributed by atoms with Gasteiger partial charge in [-0.3, -0.25) is 52.8 Å². The van der Waals surface area contributed by atoms with Gasteiger partial charge in [-0.1, -0.05) is 0 Å². The van der Waals surface area contributed by atoms with Crippen molar-refractivity contribution in [2.24, 2.45) is 5.73 Å². The lowest BCUT2D eigenvalue weighted by atomic mass is 10.1. The number of carbonyl (C=O) groups is 11. The molecule has 300 valence electrons. The highest BCUT2D eigenvalue weighted by atomic mass is 16.4. The Morgan fingerprint density at radius 2 is 0.944 bits per heavy atom. The third kappa shape index (κ3) is 15.3. The number of nitrogens with one attached hydrogen (secondary N) is 7. The molecule has 2 unspecified atom stereocenters. The summed E-state index contributed by atoms with van der Waals surface area (Å²) in [5.41, 5.74) is 5.62. The molecular weight excluding hydrogens is 726 g/mol. The van der Waals surface area contributed by atoms with E-state index in [4.69, 9.17) is 15.9 Å². The van der Waals surface area contributed by atoms with Crippen LogP contribution in [0.2, 0.25) is 0 Å². The number of carboxylic acid groups (broad SMARTS) is 4. The first kappa shape index (κ1) is 46.0. The van der Waals surface area contributed by atoms with Gasteiger partial charge in [0.25, 0.3) is 11.8 Å². The van der Waals surface area contributed by atoms with Crippen LogP contribution >= 0.6 is 0 Å². The summed E-state index contributed by atoms with van der Waals surface area (Å²) in [4.78, 5) is 135. The summed E-state index contributed by atoms with van der Waals surface area (Å²) in [6.45, 7) is -2.10. The van der Waals surface area contributed by atoms with Crippen molar-refractivity contribution < 1.29 is 73.2 Å². The Hall–Kier alpha value is -6.01. The lowest BCUT2D eigenvalue weighted by Gasteiger charge is -2.27. The van der Waals surface area contributed by atoms with Crippen LogP contribution in [0.15, 0.2) is 12.2 Å². The highest BCUT2D eigenvalue weighted by Gasteiger charge is 2.36. The fourth-order valence-corrected chi connectivity index (χ4v) is 4.81. The highest BCUT2D eigenvalue weighted by molar-refractivity contribution is 6.15. The van der Waals surface area contributed by atoms with Crippen molar-refractivity contribution in [3.05, 3.63) is 12.2 Å². The average Bonchev–Trinajstić information content (AvgIpc) is 3.43. The van der Waals surface area contributed by atoms with E-state index in [2.05, 4.69) is 37.2 Å². The van der Waals surface area contributed by atoms with Gasteiger partial charge in [-0.15, -0.1) is 0 Å². The molecule has 7 amide bonds. The van der Waals surface area contributed by atoms with Crippen LogP contribution in [0.5, 0.6) is 0 Å². The van der Waals surface area contributed by atoms with E-state index in [1.54, 1.807) is 0 Å². The Balaban J connectivity index is 3.26. The molecule has 0 aromatic heterocycles.